The Bertz CT molecular complexity index is 924. The fourth-order valence-corrected chi connectivity index (χ4v) is 4.44. The van der Waals surface area contributed by atoms with E-state index in [1.54, 1.807) is 18.1 Å². The second-order valence-corrected chi connectivity index (χ2v) is 9.65. The number of methoxy groups -OCH3 is 1. The summed E-state index contributed by atoms with van der Waals surface area (Å²) in [5, 5.41) is 4.03. The molecule has 0 aliphatic carbocycles. The Labute approximate surface area is 211 Å². The van der Waals surface area contributed by atoms with Gasteiger partial charge in [-0.15, -0.1) is 11.8 Å². The third kappa shape index (κ3) is 8.43. The third-order valence-electron chi connectivity index (χ3n) is 5.38. The van der Waals surface area contributed by atoms with Crippen LogP contribution in [0.4, 0.5) is 0 Å². The van der Waals surface area contributed by atoms with Crippen LogP contribution >= 0.6 is 35.0 Å². The Kier molecular flexibility index (Phi) is 11.4. The quantitative estimate of drug-likeness (QED) is 0.382. The molecule has 0 unspecified atom stereocenters. The maximum atomic E-state index is 13.3. The molecule has 0 aliphatic heterocycles. The molecule has 2 aromatic rings. The van der Waals surface area contributed by atoms with Gasteiger partial charge < -0.3 is 15.0 Å². The van der Waals surface area contributed by atoms with Crippen LogP contribution in [0.3, 0.4) is 0 Å². The summed E-state index contributed by atoms with van der Waals surface area (Å²) in [7, 11) is 1.61. The van der Waals surface area contributed by atoms with Gasteiger partial charge in [0.05, 0.1) is 22.9 Å². The van der Waals surface area contributed by atoms with Crippen LogP contribution in [0.2, 0.25) is 10.0 Å². The number of benzene rings is 2. The van der Waals surface area contributed by atoms with Crippen LogP contribution in [-0.2, 0) is 21.9 Å². The fourth-order valence-electron chi connectivity index (χ4n) is 3.26. The lowest BCUT2D eigenvalue weighted by Gasteiger charge is -2.31. The average molecular weight is 512 g/mol. The van der Waals surface area contributed by atoms with Crippen molar-refractivity contribution in [1.82, 2.24) is 10.2 Å². The number of halogens is 2. The van der Waals surface area contributed by atoms with E-state index in [2.05, 4.69) is 5.32 Å². The van der Waals surface area contributed by atoms with Crippen molar-refractivity contribution in [3.05, 3.63) is 63.6 Å². The van der Waals surface area contributed by atoms with Crippen molar-refractivity contribution in [2.75, 3.05) is 12.9 Å². The molecule has 0 fully saturated rings. The van der Waals surface area contributed by atoms with Crippen molar-refractivity contribution < 1.29 is 14.3 Å². The third-order valence-corrected chi connectivity index (χ3v) is 7.10. The molecule has 0 saturated carbocycles. The lowest BCUT2D eigenvalue weighted by Crippen LogP contribution is -2.51. The van der Waals surface area contributed by atoms with Gasteiger partial charge in [0, 0.05) is 18.3 Å². The summed E-state index contributed by atoms with van der Waals surface area (Å²) in [5.41, 5.74) is 1.93. The smallest absolute Gasteiger partial charge is 0.243 e. The predicted molar refractivity (Wildman–Crippen MR) is 138 cm³/mol. The lowest BCUT2D eigenvalue weighted by atomic mass is 10.1. The molecule has 33 heavy (non-hydrogen) atoms. The Morgan fingerprint density at radius 1 is 1.03 bits per heavy atom. The molecule has 5 nitrogen and oxygen atoms in total. The summed E-state index contributed by atoms with van der Waals surface area (Å²) in [6, 6.07) is 12.5. The highest BCUT2D eigenvalue weighted by atomic mass is 35.5. The van der Waals surface area contributed by atoms with Crippen molar-refractivity contribution in [2.24, 2.45) is 0 Å². The number of nitrogens with one attached hydrogen (secondary N) is 1. The average Bonchev–Trinajstić information content (AvgIpc) is 2.81. The van der Waals surface area contributed by atoms with E-state index in [-0.39, 0.29) is 23.6 Å². The number of thioether (sulfide) groups is 1. The van der Waals surface area contributed by atoms with Crippen LogP contribution in [0.25, 0.3) is 0 Å². The lowest BCUT2D eigenvalue weighted by molar-refractivity contribution is -0.139. The summed E-state index contributed by atoms with van der Waals surface area (Å²) >= 11 is 13.6. The molecular weight excluding hydrogens is 479 g/mol. The Balaban J connectivity index is 2.14. The molecule has 0 saturated heterocycles. The molecule has 0 heterocycles. The molecule has 2 rings (SSSR count). The van der Waals surface area contributed by atoms with Gasteiger partial charge in [0.1, 0.15) is 11.8 Å². The summed E-state index contributed by atoms with van der Waals surface area (Å²) in [5.74, 6) is 1.42. The number of amides is 2. The molecule has 0 radical (unpaired) electrons. The number of carbonyl (C=O) groups excluding carboxylic acids is 2. The van der Waals surface area contributed by atoms with Gasteiger partial charge in [-0.05, 0) is 55.2 Å². The zero-order valence-electron chi connectivity index (χ0n) is 19.6. The molecule has 2 amide bonds. The number of ether oxygens (including phenoxy) is 1. The van der Waals surface area contributed by atoms with Crippen LogP contribution in [0.1, 0.15) is 44.7 Å². The SMILES string of the molecule is CC[C@@H](C)NC(=O)[C@@H](CC)N(Cc1ccc(OC)cc1)C(=O)CSCc1ccc(Cl)c(Cl)c1. The first kappa shape index (κ1) is 27.4. The van der Waals surface area contributed by atoms with Crippen molar-refractivity contribution >= 4 is 46.8 Å². The molecule has 1 N–H and O–H groups in total. The predicted octanol–water partition coefficient (Wildman–Crippen LogP) is 5.96. The topological polar surface area (TPSA) is 58.6 Å². The van der Waals surface area contributed by atoms with Gasteiger partial charge in [-0.3, -0.25) is 9.59 Å². The van der Waals surface area contributed by atoms with Gasteiger partial charge in [0.2, 0.25) is 11.8 Å². The van der Waals surface area contributed by atoms with Gasteiger partial charge in [0.15, 0.2) is 0 Å². The summed E-state index contributed by atoms with van der Waals surface area (Å²) in [4.78, 5) is 28.0. The largest absolute Gasteiger partial charge is 0.497 e. The molecule has 0 aromatic heterocycles. The molecular formula is C25H32Cl2N2O3S. The molecule has 2 atom stereocenters. The van der Waals surface area contributed by atoms with E-state index in [4.69, 9.17) is 27.9 Å². The molecule has 0 spiro atoms. The van der Waals surface area contributed by atoms with E-state index in [0.717, 1.165) is 23.3 Å². The number of rotatable bonds is 12. The first-order valence-electron chi connectivity index (χ1n) is 11.0. The zero-order valence-corrected chi connectivity index (χ0v) is 21.9. The number of hydrogen-bond donors (Lipinski definition) is 1. The first-order chi connectivity index (χ1) is 15.8. The van der Waals surface area contributed by atoms with Gasteiger partial charge in [-0.2, -0.15) is 0 Å². The maximum absolute atomic E-state index is 13.3. The van der Waals surface area contributed by atoms with E-state index in [1.807, 2.05) is 57.2 Å². The molecule has 2 aromatic carbocycles. The Hall–Kier alpha value is -1.89. The van der Waals surface area contributed by atoms with E-state index in [0.29, 0.717) is 28.8 Å². The monoisotopic (exact) mass is 510 g/mol. The molecule has 0 aliphatic rings. The number of hydrogen-bond acceptors (Lipinski definition) is 4. The zero-order chi connectivity index (χ0) is 24.4. The fraction of sp³-hybridized carbons (Fsp3) is 0.440. The maximum Gasteiger partial charge on any atom is 0.243 e. The van der Waals surface area contributed by atoms with E-state index < -0.39 is 6.04 Å². The molecule has 8 heteroatoms. The van der Waals surface area contributed by atoms with E-state index in [9.17, 15) is 9.59 Å². The van der Waals surface area contributed by atoms with Gasteiger partial charge in [0.25, 0.3) is 0 Å². The van der Waals surface area contributed by atoms with E-state index >= 15 is 0 Å². The van der Waals surface area contributed by atoms with Crippen LogP contribution in [0.5, 0.6) is 5.75 Å². The summed E-state index contributed by atoms with van der Waals surface area (Å²) < 4.78 is 5.23. The number of carbonyl (C=O) groups is 2. The van der Waals surface area contributed by atoms with E-state index in [1.165, 1.54) is 11.8 Å². The van der Waals surface area contributed by atoms with Crippen LogP contribution in [0, 0.1) is 0 Å². The van der Waals surface area contributed by atoms with Crippen molar-refractivity contribution in [1.29, 1.82) is 0 Å². The normalized spacial score (nSPS) is 12.7. The summed E-state index contributed by atoms with van der Waals surface area (Å²) in [6.45, 7) is 6.26. The summed E-state index contributed by atoms with van der Waals surface area (Å²) in [6.07, 6.45) is 1.36. The van der Waals surface area contributed by atoms with Crippen LogP contribution in [-0.4, -0.2) is 41.7 Å². The van der Waals surface area contributed by atoms with Crippen LogP contribution in [0.15, 0.2) is 42.5 Å². The van der Waals surface area contributed by atoms with Crippen molar-refractivity contribution in [3.8, 4) is 5.75 Å². The molecule has 0 bridgehead atoms. The highest BCUT2D eigenvalue weighted by Crippen LogP contribution is 2.25. The Morgan fingerprint density at radius 2 is 1.70 bits per heavy atom. The minimum absolute atomic E-state index is 0.0496. The second-order valence-electron chi connectivity index (χ2n) is 7.85. The van der Waals surface area contributed by atoms with Gasteiger partial charge in [-0.25, -0.2) is 0 Å². The highest BCUT2D eigenvalue weighted by Gasteiger charge is 2.29. The number of nitrogens with zero attached hydrogens (tertiary/aromatic N) is 1. The second kappa shape index (κ2) is 13.7. The standard InChI is InChI=1S/C25H32Cl2N2O3S/c1-5-17(3)28-25(31)23(6-2)29(14-18-7-10-20(32-4)11-8-18)24(30)16-33-15-19-9-12-21(26)22(27)13-19/h7-13,17,23H,5-6,14-16H2,1-4H3,(H,28,31)/t17-,23-/m1/s1. The first-order valence-corrected chi connectivity index (χ1v) is 12.9. The Morgan fingerprint density at radius 3 is 2.27 bits per heavy atom. The highest BCUT2D eigenvalue weighted by molar-refractivity contribution is 7.99. The van der Waals surface area contributed by atoms with Gasteiger partial charge in [-0.1, -0.05) is 55.2 Å². The minimum atomic E-state index is -0.542. The van der Waals surface area contributed by atoms with Crippen LogP contribution < -0.4 is 10.1 Å². The minimum Gasteiger partial charge on any atom is -0.497 e. The molecule has 180 valence electrons. The van der Waals surface area contributed by atoms with Crippen molar-refractivity contribution in [2.45, 2.75) is 58.0 Å². The van der Waals surface area contributed by atoms with Gasteiger partial charge >= 0.3 is 0 Å². The van der Waals surface area contributed by atoms with Crippen molar-refractivity contribution in [3.63, 3.8) is 0 Å².